The lowest BCUT2D eigenvalue weighted by Gasteiger charge is -2.27. The molecule has 0 unspecified atom stereocenters. The number of halogens is 2. The second-order valence-corrected chi connectivity index (χ2v) is 5.01. The predicted molar refractivity (Wildman–Crippen MR) is 68.9 cm³/mol. The zero-order valence-electron chi connectivity index (χ0n) is 11.0. The third-order valence-electron chi connectivity index (χ3n) is 3.50. The summed E-state index contributed by atoms with van der Waals surface area (Å²) >= 11 is 0. The van der Waals surface area contributed by atoms with Crippen molar-refractivity contribution in [3.8, 4) is 0 Å². The van der Waals surface area contributed by atoms with Gasteiger partial charge in [-0.2, -0.15) is 0 Å². The summed E-state index contributed by atoms with van der Waals surface area (Å²) in [6.07, 6.45) is 2.07. The van der Waals surface area contributed by atoms with E-state index in [0.29, 0.717) is 12.5 Å². The van der Waals surface area contributed by atoms with Gasteiger partial charge in [0.05, 0.1) is 0 Å². The fourth-order valence-electron chi connectivity index (χ4n) is 2.38. The van der Waals surface area contributed by atoms with Crippen molar-refractivity contribution in [1.82, 2.24) is 10.2 Å². The van der Waals surface area contributed by atoms with E-state index in [9.17, 15) is 13.6 Å². The molecule has 5 heteroatoms. The number of hydrogen-bond acceptors (Lipinski definition) is 2. The van der Waals surface area contributed by atoms with Crippen molar-refractivity contribution in [2.75, 3.05) is 26.7 Å². The summed E-state index contributed by atoms with van der Waals surface area (Å²) in [6.45, 7) is 2.59. The van der Waals surface area contributed by atoms with Gasteiger partial charge in [0.2, 0.25) is 0 Å². The van der Waals surface area contributed by atoms with Crippen molar-refractivity contribution < 1.29 is 13.6 Å². The molecule has 3 nitrogen and oxygen atoms in total. The Hall–Kier alpha value is -1.49. The van der Waals surface area contributed by atoms with Crippen LogP contribution in [0.5, 0.6) is 0 Å². The molecule has 1 aromatic carbocycles. The average molecular weight is 268 g/mol. The van der Waals surface area contributed by atoms with E-state index in [0.717, 1.165) is 38.1 Å². The number of carbonyl (C=O) groups is 1. The second-order valence-electron chi connectivity index (χ2n) is 5.01. The number of hydrogen-bond donors (Lipinski definition) is 1. The molecule has 19 heavy (non-hydrogen) atoms. The molecule has 0 spiro atoms. The van der Waals surface area contributed by atoms with E-state index in [1.165, 1.54) is 6.07 Å². The summed E-state index contributed by atoms with van der Waals surface area (Å²) in [5, 5.41) is 3.27. The standard InChI is InChI=1S/C14H18F2N2O/c1-18(9-10-4-6-17-7-5-10)14(19)11-2-3-12(15)13(16)8-11/h2-3,8,10,17H,4-7,9H2,1H3. The zero-order chi connectivity index (χ0) is 13.8. The fourth-order valence-corrected chi connectivity index (χ4v) is 2.38. The molecule has 1 fully saturated rings. The van der Waals surface area contributed by atoms with Crippen molar-refractivity contribution >= 4 is 5.91 Å². The summed E-state index contributed by atoms with van der Waals surface area (Å²) in [7, 11) is 1.70. The third kappa shape index (κ3) is 3.50. The molecule has 1 saturated heterocycles. The van der Waals surface area contributed by atoms with E-state index in [1.54, 1.807) is 11.9 Å². The molecular formula is C14H18F2N2O. The summed E-state index contributed by atoms with van der Waals surface area (Å²) in [4.78, 5) is 13.7. The van der Waals surface area contributed by atoms with Crippen LogP contribution in [0.15, 0.2) is 18.2 Å². The maximum absolute atomic E-state index is 13.1. The lowest BCUT2D eigenvalue weighted by molar-refractivity contribution is 0.0762. The molecule has 1 aliphatic heterocycles. The van der Waals surface area contributed by atoms with Crippen LogP contribution in [-0.2, 0) is 0 Å². The van der Waals surface area contributed by atoms with Gasteiger partial charge in [-0.05, 0) is 50.0 Å². The molecule has 0 aromatic heterocycles. The molecule has 0 saturated carbocycles. The van der Waals surface area contributed by atoms with Gasteiger partial charge < -0.3 is 10.2 Å². The summed E-state index contributed by atoms with van der Waals surface area (Å²) < 4.78 is 25.9. The number of nitrogens with one attached hydrogen (secondary N) is 1. The van der Waals surface area contributed by atoms with Crippen molar-refractivity contribution in [3.63, 3.8) is 0 Å². The van der Waals surface area contributed by atoms with Crippen LogP contribution in [0.2, 0.25) is 0 Å². The van der Waals surface area contributed by atoms with Crippen LogP contribution in [0, 0.1) is 17.6 Å². The first-order valence-electron chi connectivity index (χ1n) is 6.49. The number of nitrogens with zero attached hydrogens (tertiary/aromatic N) is 1. The Kier molecular flexibility index (Phi) is 4.47. The summed E-state index contributed by atoms with van der Waals surface area (Å²) in [5.41, 5.74) is 0.190. The molecule has 0 aliphatic carbocycles. The Balaban J connectivity index is 1.99. The first-order chi connectivity index (χ1) is 9.08. The maximum Gasteiger partial charge on any atom is 0.253 e. The molecule has 0 atom stereocenters. The van der Waals surface area contributed by atoms with Crippen LogP contribution >= 0.6 is 0 Å². The summed E-state index contributed by atoms with van der Waals surface area (Å²) in [5.74, 6) is -1.71. The van der Waals surface area contributed by atoms with E-state index in [1.807, 2.05) is 0 Å². The van der Waals surface area contributed by atoms with Gasteiger partial charge in [-0.15, -0.1) is 0 Å². The highest BCUT2D eigenvalue weighted by atomic mass is 19.2. The number of piperidine rings is 1. The van der Waals surface area contributed by atoms with Crippen molar-refractivity contribution in [3.05, 3.63) is 35.4 Å². The Morgan fingerprint density at radius 3 is 2.63 bits per heavy atom. The quantitative estimate of drug-likeness (QED) is 0.910. The molecule has 1 N–H and O–H groups in total. The molecule has 1 amide bonds. The Morgan fingerprint density at radius 1 is 1.32 bits per heavy atom. The van der Waals surface area contributed by atoms with Gasteiger partial charge >= 0.3 is 0 Å². The molecular weight excluding hydrogens is 250 g/mol. The monoisotopic (exact) mass is 268 g/mol. The lowest BCUT2D eigenvalue weighted by atomic mass is 9.97. The highest BCUT2D eigenvalue weighted by Crippen LogP contribution is 2.15. The molecule has 0 bridgehead atoms. The van der Waals surface area contributed by atoms with Gasteiger partial charge in [0.1, 0.15) is 0 Å². The van der Waals surface area contributed by atoms with Gasteiger partial charge in [-0.3, -0.25) is 4.79 Å². The zero-order valence-corrected chi connectivity index (χ0v) is 11.0. The number of carbonyl (C=O) groups excluding carboxylic acids is 1. The van der Waals surface area contributed by atoms with Crippen LogP contribution in [-0.4, -0.2) is 37.5 Å². The first kappa shape index (κ1) is 13.9. The molecule has 104 valence electrons. The smallest absolute Gasteiger partial charge is 0.253 e. The minimum atomic E-state index is -0.985. The predicted octanol–water partition coefficient (Wildman–Crippen LogP) is 2.04. The molecule has 1 aliphatic rings. The van der Waals surface area contributed by atoms with Gasteiger partial charge in [-0.25, -0.2) is 8.78 Å². The van der Waals surface area contributed by atoms with Crippen LogP contribution in [0.4, 0.5) is 8.78 Å². The van der Waals surface area contributed by atoms with Gasteiger partial charge in [0.15, 0.2) is 11.6 Å². The van der Waals surface area contributed by atoms with Crippen LogP contribution in [0.1, 0.15) is 23.2 Å². The average Bonchev–Trinajstić information content (AvgIpc) is 2.42. The number of amides is 1. The second kappa shape index (κ2) is 6.10. The fraction of sp³-hybridized carbons (Fsp3) is 0.500. The number of rotatable bonds is 3. The molecule has 2 rings (SSSR count). The topological polar surface area (TPSA) is 32.3 Å². The van der Waals surface area contributed by atoms with Crippen molar-refractivity contribution in [1.29, 1.82) is 0 Å². The van der Waals surface area contributed by atoms with Crippen molar-refractivity contribution in [2.24, 2.45) is 5.92 Å². The first-order valence-corrected chi connectivity index (χ1v) is 6.49. The highest BCUT2D eigenvalue weighted by molar-refractivity contribution is 5.94. The van der Waals surface area contributed by atoms with Crippen molar-refractivity contribution in [2.45, 2.75) is 12.8 Å². The van der Waals surface area contributed by atoms with Crippen LogP contribution in [0.3, 0.4) is 0 Å². The third-order valence-corrected chi connectivity index (χ3v) is 3.50. The normalized spacial score (nSPS) is 16.4. The van der Waals surface area contributed by atoms with E-state index in [4.69, 9.17) is 0 Å². The maximum atomic E-state index is 13.1. The number of benzene rings is 1. The molecule has 1 heterocycles. The largest absolute Gasteiger partial charge is 0.341 e. The Bertz CT molecular complexity index is 459. The SMILES string of the molecule is CN(CC1CCNCC1)C(=O)c1ccc(F)c(F)c1. The Morgan fingerprint density at radius 2 is 2.00 bits per heavy atom. The van der Waals surface area contributed by atoms with E-state index in [-0.39, 0.29) is 11.5 Å². The Labute approximate surface area is 111 Å². The van der Waals surface area contributed by atoms with E-state index >= 15 is 0 Å². The van der Waals surface area contributed by atoms with E-state index < -0.39 is 11.6 Å². The summed E-state index contributed by atoms with van der Waals surface area (Å²) in [6, 6.07) is 3.26. The highest BCUT2D eigenvalue weighted by Gasteiger charge is 2.19. The molecule has 0 radical (unpaired) electrons. The van der Waals surface area contributed by atoms with Gasteiger partial charge in [-0.1, -0.05) is 0 Å². The minimum absolute atomic E-state index is 0.190. The van der Waals surface area contributed by atoms with E-state index in [2.05, 4.69) is 5.32 Å². The minimum Gasteiger partial charge on any atom is -0.341 e. The van der Waals surface area contributed by atoms with Gasteiger partial charge in [0.25, 0.3) is 5.91 Å². The molecule has 1 aromatic rings. The van der Waals surface area contributed by atoms with Gasteiger partial charge in [0, 0.05) is 19.2 Å². The lowest BCUT2D eigenvalue weighted by Crippen LogP contribution is -2.37. The van der Waals surface area contributed by atoms with Crippen LogP contribution in [0.25, 0.3) is 0 Å². The van der Waals surface area contributed by atoms with Crippen LogP contribution < -0.4 is 5.32 Å².